The second kappa shape index (κ2) is 9.41. The number of carbonyl (C=O) groups is 2. The number of carboxylic acids is 1. The molecule has 0 atom stereocenters. The molecule has 0 unspecified atom stereocenters. The van der Waals surface area contributed by atoms with Gasteiger partial charge in [0, 0.05) is 17.2 Å². The number of amides is 1. The highest BCUT2D eigenvalue weighted by atomic mass is 32.2. The third-order valence-corrected chi connectivity index (χ3v) is 3.52. The van der Waals surface area contributed by atoms with Crippen LogP contribution in [0.1, 0.15) is 25.8 Å². The van der Waals surface area contributed by atoms with Crippen molar-refractivity contribution in [1.82, 2.24) is 0 Å². The number of nitrogens with one attached hydrogen (secondary N) is 1. The number of ether oxygens (including phenoxy) is 1. The summed E-state index contributed by atoms with van der Waals surface area (Å²) in [7, 11) is 0. The third-order valence-electron chi connectivity index (χ3n) is 2.49. The molecular formula is C15H21NO4S. The Kier molecular flexibility index (Phi) is 7.85. The molecule has 0 aliphatic rings. The maximum atomic E-state index is 11.7. The highest BCUT2D eigenvalue weighted by Gasteiger charge is 2.05. The topological polar surface area (TPSA) is 75.6 Å². The van der Waals surface area contributed by atoms with Gasteiger partial charge in [0.05, 0.1) is 12.5 Å². The van der Waals surface area contributed by atoms with E-state index in [9.17, 15) is 9.59 Å². The fraction of sp³-hybridized carbons (Fsp3) is 0.467. The average Bonchev–Trinajstić information content (AvgIpc) is 2.42. The summed E-state index contributed by atoms with van der Waals surface area (Å²) in [6.45, 7) is 3.79. The standard InChI is InChI=1S/C15H21NO4S/c1-11(2)20-9-14(17)16-13-5-3-4-12(8-13)10-21-7-6-15(18)19/h3-5,8,11H,6-7,9-10H2,1-2H3,(H,16,17)(H,18,19). The van der Waals surface area contributed by atoms with Gasteiger partial charge in [0.25, 0.3) is 0 Å². The molecule has 0 fully saturated rings. The summed E-state index contributed by atoms with van der Waals surface area (Å²) in [5.74, 6) is 0.334. The molecule has 0 aromatic heterocycles. The van der Waals surface area contributed by atoms with Crippen LogP contribution in [0.25, 0.3) is 0 Å². The van der Waals surface area contributed by atoms with Crippen molar-refractivity contribution < 1.29 is 19.4 Å². The lowest BCUT2D eigenvalue weighted by molar-refractivity contribution is -0.136. The SMILES string of the molecule is CC(C)OCC(=O)Nc1cccc(CSCCC(=O)O)c1. The van der Waals surface area contributed by atoms with E-state index in [-0.39, 0.29) is 25.0 Å². The predicted octanol–water partition coefficient (Wildman–Crippen LogP) is 2.76. The molecule has 0 saturated carbocycles. The van der Waals surface area contributed by atoms with Gasteiger partial charge in [0.2, 0.25) is 5.91 Å². The lowest BCUT2D eigenvalue weighted by Gasteiger charge is -2.09. The first-order chi connectivity index (χ1) is 9.97. The van der Waals surface area contributed by atoms with Crippen LogP contribution in [0, 0.1) is 0 Å². The molecule has 0 saturated heterocycles. The second-order valence-electron chi connectivity index (χ2n) is 4.80. The van der Waals surface area contributed by atoms with Gasteiger partial charge < -0.3 is 15.2 Å². The van der Waals surface area contributed by atoms with Crippen LogP contribution in [-0.2, 0) is 20.1 Å². The van der Waals surface area contributed by atoms with Gasteiger partial charge in [0.15, 0.2) is 0 Å². The summed E-state index contributed by atoms with van der Waals surface area (Å²) in [4.78, 5) is 22.1. The van der Waals surface area contributed by atoms with E-state index in [2.05, 4.69) is 5.32 Å². The molecule has 1 aromatic rings. The Labute approximate surface area is 129 Å². The smallest absolute Gasteiger partial charge is 0.304 e. The number of thioether (sulfide) groups is 1. The van der Waals surface area contributed by atoms with E-state index in [1.165, 1.54) is 0 Å². The van der Waals surface area contributed by atoms with Crippen LogP contribution in [0.5, 0.6) is 0 Å². The predicted molar refractivity (Wildman–Crippen MR) is 84.6 cm³/mol. The Balaban J connectivity index is 2.41. The molecule has 1 rings (SSSR count). The maximum Gasteiger partial charge on any atom is 0.304 e. The van der Waals surface area contributed by atoms with Crippen LogP contribution < -0.4 is 5.32 Å². The van der Waals surface area contributed by atoms with Crippen molar-refractivity contribution in [3.63, 3.8) is 0 Å². The summed E-state index contributed by atoms with van der Waals surface area (Å²) in [6, 6.07) is 7.53. The van der Waals surface area contributed by atoms with Gasteiger partial charge in [-0.15, -0.1) is 0 Å². The Morgan fingerprint density at radius 2 is 2.14 bits per heavy atom. The van der Waals surface area contributed by atoms with Gasteiger partial charge in [-0.1, -0.05) is 12.1 Å². The Morgan fingerprint density at radius 3 is 2.81 bits per heavy atom. The van der Waals surface area contributed by atoms with Crippen molar-refractivity contribution in [1.29, 1.82) is 0 Å². The largest absolute Gasteiger partial charge is 0.481 e. The zero-order chi connectivity index (χ0) is 15.7. The van der Waals surface area contributed by atoms with Crippen molar-refractivity contribution in [2.75, 3.05) is 17.7 Å². The highest BCUT2D eigenvalue weighted by molar-refractivity contribution is 7.98. The molecule has 0 aliphatic carbocycles. The minimum atomic E-state index is -0.784. The molecule has 5 nitrogen and oxygen atoms in total. The molecule has 0 heterocycles. The van der Waals surface area contributed by atoms with Gasteiger partial charge in [-0.3, -0.25) is 9.59 Å². The Hall–Kier alpha value is -1.53. The van der Waals surface area contributed by atoms with Crippen molar-refractivity contribution >= 4 is 29.3 Å². The first-order valence-electron chi connectivity index (χ1n) is 6.77. The van der Waals surface area contributed by atoms with Crippen LogP contribution in [-0.4, -0.2) is 35.4 Å². The molecule has 6 heteroatoms. The molecule has 2 N–H and O–H groups in total. The monoisotopic (exact) mass is 311 g/mol. The molecule has 116 valence electrons. The maximum absolute atomic E-state index is 11.7. The van der Waals surface area contributed by atoms with Crippen molar-refractivity contribution in [3.05, 3.63) is 29.8 Å². The lowest BCUT2D eigenvalue weighted by Crippen LogP contribution is -2.20. The van der Waals surface area contributed by atoms with Crippen LogP contribution in [0.2, 0.25) is 0 Å². The van der Waals surface area contributed by atoms with Gasteiger partial charge in [-0.05, 0) is 31.5 Å². The minimum absolute atomic E-state index is 0.0210. The number of carboxylic acid groups (broad SMARTS) is 1. The number of benzene rings is 1. The molecule has 0 aliphatic heterocycles. The zero-order valence-electron chi connectivity index (χ0n) is 12.3. The van der Waals surface area contributed by atoms with E-state index in [1.807, 2.05) is 38.1 Å². The fourth-order valence-electron chi connectivity index (χ4n) is 1.53. The molecule has 0 radical (unpaired) electrons. The first-order valence-corrected chi connectivity index (χ1v) is 7.93. The van der Waals surface area contributed by atoms with Crippen LogP contribution >= 0.6 is 11.8 Å². The van der Waals surface area contributed by atoms with Crippen LogP contribution in [0.15, 0.2) is 24.3 Å². The lowest BCUT2D eigenvalue weighted by atomic mass is 10.2. The molecule has 1 aromatic carbocycles. The van der Waals surface area contributed by atoms with Crippen molar-refractivity contribution in [2.24, 2.45) is 0 Å². The number of rotatable bonds is 9. The molecular weight excluding hydrogens is 290 g/mol. The third kappa shape index (κ3) is 8.37. The Morgan fingerprint density at radius 1 is 1.38 bits per heavy atom. The summed E-state index contributed by atoms with van der Waals surface area (Å²) < 4.78 is 5.24. The highest BCUT2D eigenvalue weighted by Crippen LogP contribution is 2.17. The number of hydrogen-bond acceptors (Lipinski definition) is 4. The van der Waals surface area contributed by atoms with Gasteiger partial charge in [-0.2, -0.15) is 11.8 Å². The molecule has 0 spiro atoms. The van der Waals surface area contributed by atoms with Gasteiger partial charge in [-0.25, -0.2) is 0 Å². The van der Waals surface area contributed by atoms with Gasteiger partial charge in [0.1, 0.15) is 6.61 Å². The molecule has 1 amide bonds. The minimum Gasteiger partial charge on any atom is -0.481 e. The van der Waals surface area contributed by atoms with E-state index in [1.54, 1.807) is 11.8 Å². The summed E-state index contributed by atoms with van der Waals surface area (Å²) in [6.07, 6.45) is 0.181. The van der Waals surface area contributed by atoms with Crippen LogP contribution in [0.4, 0.5) is 5.69 Å². The Bertz CT molecular complexity index is 476. The normalized spacial score (nSPS) is 10.6. The number of carbonyl (C=O) groups excluding carboxylic acids is 1. The molecule has 21 heavy (non-hydrogen) atoms. The van der Waals surface area contributed by atoms with Crippen molar-refractivity contribution in [2.45, 2.75) is 32.1 Å². The summed E-state index contributed by atoms with van der Waals surface area (Å²) in [5, 5.41) is 11.3. The van der Waals surface area contributed by atoms with E-state index < -0.39 is 5.97 Å². The fourth-order valence-corrected chi connectivity index (χ4v) is 2.41. The number of hydrogen-bond donors (Lipinski definition) is 2. The van der Waals surface area contributed by atoms with Gasteiger partial charge >= 0.3 is 5.97 Å². The summed E-state index contributed by atoms with van der Waals surface area (Å²) in [5.41, 5.74) is 1.77. The number of aliphatic carboxylic acids is 1. The average molecular weight is 311 g/mol. The van der Waals surface area contributed by atoms with Crippen molar-refractivity contribution in [3.8, 4) is 0 Å². The summed E-state index contributed by atoms with van der Waals surface area (Å²) >= 11 is 1.56. The zero-order valence-corrected chi connectivity index (χ0v) is 13.1. The van der Waals surface area contributed by atoms with E-state index >= 15 is 0 Å². The van der Waals surface area contributed by atoms with Crippen LogP contribution in [0.3, 0.4) is 0 Å². The number of anilines is 1. The quantitative estimate of drug-likeness (QED) is 0.686. The second-order valence-corrected chi connectivity index (χ2v) is 5.91. The first kappa shape index (κ1) is 17.5. The van der Waals surface area contributed by atoms with E-state index in [0.717, 1.165) is 17.0 Å². The molecule has 0 bridgehead atoms. The van der Waals surface area contributed by atoms with E-state index in [4.69, 9.17) is 9.84 Å². The van der Waals surface area contributed by atoms with E-state index in [0.29, 0.717) is 5.75 Å².